The van der Waals surface area contributed by atoms with E-state index in [1.807, 2.05) is 52.8 Å². The second-order valence-corrected chi connectivity index (χ2v) is 9.47. The van der Waals surface area contributed by atoms with Crippen molar-refractivity contribution in [2.45, 2.75) is 52.1 Å². The van der Waals surface area contributed by atoms with E-state index in [-0.39, 0.29) is 30.0 Å². The number of amides is 1. The number of ether oxygens (including phenoxy) is 2. The summed E-state index contributed by atoms with van der Waals surface area (Å²) in [6, 6.07) is 1.92. The third kappa shape index (κ3) is 4.21. The molecule has 2 heterocycles. The number of alkyl halides is 1. The van der Waals surface area contributed by atoms with Crippen molar-refractivity contribution in [3.63, 3.8) is 0 Å². The predicted molar refractivity (Wildman–Crippen MR) is 117 cm³/mol. The summed E-state index contributed by atoms with van der Waals surface area (Å²) < 4.78 is 11.4. The lowest BCUT2D eigenvalue weighted by Crippen LogP contribution is -2.55. The molecule has 0 aromatic carbocycles. The fraction of sp³-hybridized carbons (Fsp3) is 0.565. The van der Waals surface area contributed by atoms with Gasteiger partial charge >= 0.3 is 0 Å². The van der Waals surface area contributed by atoms with E-state index in [4.69, 9.17) is 21.1 Å². The molecule has 2 aliphatic rings. The highest BCUT2D eigenvalue weighted by Crippen LogP contribution is 2.47. The van der Waals surface area contributed by atoms with Crippen LogP contribution in [0.5, 0.6) is 0 Å². The number of methoxy groups -OCH3 is 1. The lowest BCUT2D eigenvalue weighted by Gasteiger charge is -2.46. The minimum absolute atomic E-state index is 0.00235. The minimum atomic E-state index is -1.01. The highest BCUT2D eigenvalue weighted by Gasteiger charge is 2.52. The van der Waals surface area contributed by atoms with Crippen LogP contribution in [-0.4, -0.2) is 47.0 Å². The summed E-state index contributed by atoms with van der Waals surface area (Å²) in [6.07, 6.45) is 3.77. The van der Waals surface area contributed by atoms with Gasteiger partial charge in [-0.25, -0.2) is 0 Å². The number of H-pyrrole nitrogens is 1. The molecule has 0 spiro atoms. The molecule has 3 unspecified atom stereocenters. The Bertz CT molecular complexity index is 945. The Kier molecular flexibility index (Phi) is 6.48. The maximum Gasteiger partial charge on any atom is 0.253 e. The van der Waals surface area contributed by atoms with E-state index >= 15 is 0 Å². The van der Waals surface area contributed by atoms with Crippen LogP contribution in [0.25, 0.3) is 0 Å². The molecule has 3 atom stereocenters. The molecular weight excluding hydrogens is 404 g/mol. The van der Waals surface area contributed by atoms with E-state index in [2.05, 4.69) is 4.98 Å². The number of hydrogen-bond acceptors (Lipinski definition) is 4. The van der Waals surface area contributed by atoms with E-state index < -0.39 is 10.8 Å². The number of fused-ring (bicyclic) bond motifs is 1. The van der Waals surface area contributed by atoms with E-state index in [9.17, 15) is 9.59 Å². The Balaban J connectivity index is 1.99. The molecule has 0 saturated carbocycles. The normalized spacial score (nSPS) is 26.4. The Morgan fingerprint density at radius 3 is 2.60 bits per heavy atom. The summed E-state index contributed by atoms with van der Waals surface area (Å²) in [7, 11) is 1.65. The van der Waals surface area contributed by atoms with Gasteiger partial charge in [0.25, 0.3) is 5.56 Å². The number of carbonyl (C=O) groups excluding carboxylic acids is 1. The van der Waals surface area contributed by atoms with Gasteiger partial charge in [0, 0.05) is 30.8 Å². The van der Waals surface area contributed by atoms with Crippen LogP contribution >= 0.6 is 11.6 Å². The molecule has 1 aromatic heterocycles. The monoisotopic (exact) mass is 434 g/mol. The van der Waals surface area contributed by atoms with Crippen LogP contribution < -0.4 is 5.56 Å². The van der Waals surface area contributed by atoms with Gasteiger partial charge in [0.15, 0.2) is 0 Å². The number of rotatable bonds is 6. The molecule has 0 bridgehead atoms. The Morgan fingerprint density at radius 1 is 1.30 bits per heavy atom. The van der Waals surface area contributed by atoms with Gasteiger partial charge in [-0.05, 0) is 57.9 Å². The zero-order valence-electron chi connectivity index (χ0n) is 18.5. The number of hydrogen-bond donors (Lipinski definition) is 1. The number of pyridine rings is 1. The van der Waals surface area contributed by atoms with Gasteiger partial charge in [0.2, 0.25) is 5.91 Å². The van der Waals surface area contributed by atoms with Crippen molar-refractivity contribution >= 4 is 17.5 Å². The van der Waals surface area contributed by atoms with Gasteiger partial charge in [0.1, 0.15) is 10.6 Å². The summed E-state index contributed by atoms with van der Waals surface area (Å²) in [4.78, 5) is 29.7. The summed E-state index contributed by atoms with van der Waals surface area (Å²) in [6.45, 7) is 10.6. The Morgan fingerprint density at radius 2 is 2.00 bits per heavy atom. The molecular formula is C23H31ClN2O4. The van der Waals surface area contributed by atoms with E-state index in [0.29, 0.717) is 24.5 Å². The van der Waals surface area contributed by atoms with Crippen LogP contribution in [0.2, 0.25) is 0 Å². The highest BCUT2D eigenvalue weighted by molar-refractivity contribution is 6.27. The fourth-order valence-corrected chi connectivity index (χ4v) is 4.77. The molecule has 1 amide bonds. The second kappa shape index (κ2) is 8.60. The largest absolute Gasteiger partial charge is 0.493 e. The molecule has 164 valence electrons. The van der Waals surface area contributed by atoms with Crippen molar-refractivity contribution in [2.75, 3.05) is 20.3 Å². The first-order chi connectivity index (χ1) is 14.1. The van der Waals surface area contributed by atoms with Gasteiger partial charge in [0.05, 0.1) is 25.2 Å². The van der Waals surface area contributed by atoms with Crippen molar-refractivity contribution in [3.05, 3.63) is 56.7 Å². The number of nitrogens with zero attached hydrogens (tertiary/aromatic N) is 1. The first-order valence-electron chi connectivity index (χ1n) is 10.3. The van der Waals surface area contributed by atoms with Crippen LogP contribution in [0.4, 0.5) is 0 Å². The highest BCUT2D eigenvalue weighted by atomic mass is 35.5. The molecule has 7 heteroatoms. The van der Waals surface area contributed by atoms with Crippen molar-refractivity contribution < 1.29 is 14.3 Å². The van der Waals surface area contributed by atoms with E-state index in [0.717, 1.165) is 16.8 Å². The van der Waals surface area contributed by atoms with Crippen LogP contribution in [0, 0.1) is 25.7 Å². The van der Waals surface area contributed by atoms with Gasteiger partial charge in [-0.15, -0.1) is 11.6 Å². The van der Waals surface area contributed by atoms with Gasteiger partial charge in [-0.3, -0.25) is 9.59 Å². The molecule has 1 saturated heterocycles. The number of nitrogens with one attached hydrogen (secondary N) is 1. The maximum absolute atomic E-state index is 13.6. The average Bonchev–Trinajstić information content (AvgIpc) is 2.62. The molecule has 0 radical (unpaired) electrons. The summed E-state index contributed by atoms with van der Waals surface area (Å²) in [5.74, 6) is -0.0822. The first-order valence-corrected chi connectivity index (χ1v) is 10.7. The quantitative estimate of drug-likeness (QED) is 0.696. The molecule has 1 aliphatic heterocycles. The van der Waals surface area contributed by atoms with Gasteiger partial charge in [-0.2, -0.15) is 0 Å². The standard InChI is InChI=1S/C23H31ClN2O4/c1-13(2)30-19-8-7-17-16(12-29-6)10-26(22(28)20(17)23(19,5)24)11-18-14(3)9-15(4)25-21(18)27/h7-9,13,16,20H,10-12H2,1-6H3,(H,25,27). The van der Waals surface area contributed by atoms with Crippen LogP contribution in [0.3, 0.4) is 0 Å². The number of aromatic nitrogens is 1. The number of allylic oxidation sites excluding steroid dienone is 3. The van der Waals surface area contributed by atoms with Crippen LogP contribution in [0.1, 0.15) is 37.6 Å². The lowest BCUT2D eigenvalue weighted by molar-refractivity contribution is -0.140. The molecule has 30 heavy (non-hydrogen) atoms. The fourth-order valence-electron chi connectivity index (χ4n) is 4.45. The lowest BCUT2D eigenvalue weighted by atomic mass is 9.72. The molecule has 1 aromatic rings. The minimum Gasteiger partial charge on any atom is -0.493 e. The third-order valence-electron chi connectivity index (χ3n) is 5.83. The van der Waals surface area contributed by atoms with Crippen LogP contribution in [0.15, 0.2) is 34.3 Å². The SMILES string of the molecule is COCC1CN(Cc2c(C)cc(C)[nH]c2=O)C(=O)C2C1=CC=C(OC(C)C)C2(C)Cl. The number of aryl methyl sites for hydroxylation is 2. The van der Waals surface area contributed by atoms with Crippen LogP contribution in [-0.2, 0) is 20.8 Å². The maximum atomic E-state index is 13.6. The number of piperidine rings is 1. The summed E-state index contributed by atoms with van der Waals surface area (Å²) in [5.41, 5.74) is 3.07. The van der Waals surface area contributed by atoms with Crippen molar-refractivity contribution in [3.8, 4) is 0 Å². The molecule has 1 fully saturated rings. The smallest absolute Gasteiger partial charge is 0.253 e. The van der Waals surface area contributed by atoms with Crippen molar-refractivity contribution in [2.24, 2.45) is 11.8 Å². The molecule has 1 aliphatic carbocycles. The molecule has 3 rings (SSSR count). The second-order valence-electron chi connectivity index (χ2n) is 8.69. The third-order valence-corrected chi connectivity index (χ3v) is 6.23. The summed E-state index contributed by atoms with van der Waals surface area (Å²) >= 11 is 6.98. The van der Waals surface area contributed by atoms with Crippen molar-refractivity contribution in [1.82, 2.24) is 9.88 Å². The molecule has 6 nitrogen and oxygen atoms in total. The average molecular weight is 435 g/mol. The van der Waals surface area contributed by atoms with Gasteiger partial charge < -0.3 is 19.4 Å². The zero-order chi connectivity index (χ0) is 22.2. The van der Waals surface area contributed by atoms with E-state index in [1.165, 1.54) is 0 Å². The summed E-state index contributed by atoms with van der Waals surface area (Å²) in [5, 5.41) is 0. The zero-order valence-corrected chi connectivity index (χ0v) is 19.3. The van der Waals surface area contributed by atoms with E-state index in [1.54, 1.807) is 12.0 Å². The topological polar surface area (TPSA) is 71.6 Å². The predicted octanol–water partition coefficient (Wildman–Crippen LogP) is 3.46. The van der Waals surface area contributed by atoms with Crippen molar-refractivity contribution in [1.29, 1.82) is 0 Å². The number of likely N-dealkylation sites (tertiary alicyclic amines) is 1. The number of carbonyl (C=O) groups is 1. The first kappa shape index (κ1) is 22.6. The number of halogens is 1. The Hall–Kier alpha value is -2.05. The number of aromatic amines is 1. The Labute approximate surface area is 182 Å². The molecule has 1 N–H and O–H groups in total. The van der Waals surface area contributed by atoms with Gasteiger partial charge in [-0.1, -0.05) is 6.08 Å².